The van der Waals surface area contributed by atoms with E-state index in [2.05, 4.69) is 15.4 Å². The summed E-state index contributed by atoms with van der Waals surface area (Å²) in [5.41, 5.74) is 1.70. The van der Waals surface area contributed by atoms with E-state index in [0.717, 1.165) is 11.1 Å². The van der Waals surface area contributed by atoms with Crippen LogP contribution >= 0.6 is 23.2 Å². The summed E-state index contributed by atoms with van der Waals surface area (Å²) < 4.78 is 0. The van der Waals surface area contributed by atoms with Gasteiger partial charge < -0.3 is 4.90 Å². The fraction of sp³-hybridized carbons (Fsp3) is 0.176. The molecule has 128 valence electrons. The number of carbonyl (C=O) groups excluding carboxylic acids is 1. The molecule has 0 saturated heterocycles. The number of likely N-dealkylation sites (N-methyl/N-ethyl adjacent to an activating group) is 1. The molecule has 0 unspecified atom stereocenters. The van der Waals surface area contributed by atoms with Gasteiger partial charge in [-0.25, -0.2) is 0 Å². The summed E-state index contributed by atoms with van der Waals surface area (Å²) in [5.74, 6) is 0.294. The molecule has 2 aromatic carbocycles. The molecule has 0 spiro atoms. The standard InChI is InChI=1S/C17H15Cl2N5O/c1-23(10-12-4-2-6-14(18)8-12)16(25)11-24-21-17(20-22-24)13-5-3-7-15(19)9-13/h2-9H,10-11H2,1H3. The zero-order chi connectivity index (χ0) is 17.8. The number of tetrazole rings is 1. The molecule has 0 radical (unpaired) electrons. The zero-order valence-electron chi connectivity index (χ0n) is 13.4. The molecule has 0 bridgehead atoms. The molecule has 0 aliphatic heterocycles. The second-order valence-corrected chi connectivity index (χ2v) is 6.41. The fourth-order valence-electron chi connectivity index (χ4n) is 2.29. The van der Waals surface area contributed by atoms with Gasteiger partial charge >= 0.3 is 0 Å². The van der Waals surface area contributed by atoms with Crippen molar-refractivity contribution in [1.82, 2.24) is 25.1 Å². The lowest BCUT2D eigenvalue weighted by Gasteiger charge is -2.16. The highest BCUT2D eigenvalue weighted by atomic mass is 35.5. The van der Waals surface area contributed by atoms with Gasteiger partial charge in [0.05, 0.1) is 0 Å². The Kier molecular flexibility index (Phi) is 5.31. The highest BCUT2D eigenvalue weighted by Crippen LogP contribution is 2.18. The minimum absolute atomic E-state index is 0.00459. The number of amides is 1. The normalized spacial score (nSPS) is 10.7. The van der Waals surface area contributed by atoms with Gasteiger partial charge in [-0.05, 0) is 35.0 Å². The second kappa shape index (κ2) is 7.63. The predicted molar refractivity (Wildman–Crippen MR) is 96.2 cm³/mol. The fourth-order valence-corrected chi connectivity index (χ4v) is 2.70. The maximum Gasteiger partial charge on any atom is 0.246 e. The van der Waals surface area contributed by atoms with Crippen LogP contribution in [0.25, 0.3) is 11.4 Å². The minimum atomic E-state index is -0.130. The summed E-state index contributed by atoms with van der Waals surface area (Å²) in [6, 6.07) is 14.6. The van der Waals surface area contributed by atoms with Crippen LogP contribution in [0.4, 0.5) is 0 Å². The SMILES string of the molecule is CN(Cc1cccc(Cl)c1)C(=O)Cn1nnc(-c2cccc(Cl)c2)n1. The Morgan fingerprint density at radius 1 is 1.12 bits per heavy atom. The van der Waals surface area contributed by atoms with E-state index in [1.165, 1.54) is 4.80 Å². The Morgan fingerprint density at radius 3 is 2.56 bits per heavy atom. The van der Waals surface area contributed by atoms with Crippen LogP contribution in [0, 0.1) is 0 Å². The summed E-state index contributed by atoms with van der Waals surface area (Å²) in [4.78, 5) is 15.2. The molecular weight excluding hydrogens is 361 g/mol. The van der Waals surface area contributed by atoms with Crippen LogP contribution in [0.5, 0.6) is 0 Å². The number of rotatable bonds is 5. The van der Waals surface area contributed by atoms with Gasteiger partial charge in [0.2, 0.25) is 11.7 Å². The van der Waals surface area contributed by atoms with Gasteiger partial charge in [0.25, 0.3) is 0 Å². The average Bonchev–Trinajstić information content (AvgIpc) is 3.03. The topological polar surface area (TPSA) is 63.9 Å². The molecule has 0 aliphatic carbocycles. The first-order valence-electron chi connectivity index (χ1n) is 7.53. The number of benzene rings is 2. The van der Waals surface area contributed by atoms with E-state index in [9.17, 15) is 4.79 Å². The van der Waals surface area contributed by atoms with Crippen LogP contribution in [-0.2, 0) is 17.9 Å². The van der Waals surface area contributed by atoms with Crippen molar-refractivity contribution in [3.05, 3.63) is 64.1 Å². The van der Waals surface area contributed by atoms with Crippen LogP contribution < -0.4 is 0 Å². The summed E-state index contributed by atoms with van der Waals surface area (Å²) in [5, 5.41) is 13.4. The first-order valence-corrected chi connectivity index (χ1v) is 8.29. The van der Waals surface area contributed by atoms with Crippen molar-refractivity contribution in [3.8, 4) is 11.4 Å². The first-order chi connectivity index (χ1) is 12.0. The zero-order valence-corrected chi connectivity index (χ0v) is 14.9. The summed E-state index contributed by atoms with van der Waals surface area (Å²) in [7, 11) is 1.72. The quantitative estimate of drug-likeness (QED) is 0.686. The number of nitrogens with zero attached hydrogens (tertiary/aromatic N) is 5. The van der Waals surface area contributed by atoms with Gasteiger partial charge in [-0.15, -0.1) is 10.2 Å². The molecule has 6 nitrogen and oxygen atoms in total. The Balaban J connectivity index is 1.65. The maximum absolute atomic E-state index is 12.3. The molecule has 1 amide bonds. The number of hydrogen-bond acceptors (Lipinski definition) is 4. The van der Waals surface area contributed by atoms with Crippen LogP contribution in [0.3, 0.4) is 0 Å². The smallest absolute Gasteiger partial charge is 0.246 e. The lowest BCUT2D eigenvalue weighted by molar-refractivity contribution is -0.131. The summed E-state index contributed by atoms with van der Waals surface area (Å²) in [6.45, 7) is 0.458. The molecular formula is C17H15Cl2N5O. The van der Waals surface area contributed by atoms with Gasteiger partial charge in [0, 0.05) is 29.2 Å². The molecule has 8 heteroatoms. The van der Waals surface area contributed by atoms with Gasteiger partial charge in [0.15, 0.2) is 0 Å². The van der Waals surface area contributed by atoms with Crippen molar-refractivity contribution in [2.75, 3.05) is 7.05 Å². The minimum Gasteiger partial charge on any atom is -0.340 e. The van der Waals surface area contributed by atoms with Crippen LogP contribution in [0.15, 0.2) is 48.5 Å². The largest absolute Gasteiger partial charge is 0.340 e. The molecule has 0 atom stereocenters. The third-order valence-corrected chi connectivity index (χ3v) is 4.02. The Morgan fingerprint density at radius 2 is 1.84 bits per heavy atom. The number of carbonyl (C=O) groups is 1. The number of hydrogen-bond donors (Lipinski definition) is 0. The average molecular weight is 376 g/mol. The van der Waals surface area contributed by atoms with Crippen molar-refractivity contribution in [2.24, 2.45) is 0 Å². The lowest BCUT2D eigenvalue weighted by atomic mass is 10.2. The third-order valence-electron chi connectivity index (χ3n) is 3.55. The Labute approximate surface area is 155 Å². The van der Waals surface area contributed by atoms with Gasteiger partial charge in [0.1, 0.15) is 6.54 Å². The van der Waals surface area contributed by atoms with E-state index in [1.807, 2.05) is 30.3 Å². The van der Waals surface area contributed by atoms with E-state index >= 15 is 0 Å². The van der Waals surface area contributed by atoms with Crippen molar-refractivity contribution in [1.29, 1.82) is 0 Å². The Bertz CT molecular complexity index is 896. The third kappa shape index (κ3) is 4.55. The van der Waals surface area contributed by atoms with Gasteiger partial charge in [-0.3, -0.25) is 4.79 Å². The first kappa shape index (κ1) is 17.4. The van der Waals surface area contributed by atoms with E-state index < -0.39 is 0 Å². The van der Waals surface area contributed by atoms with Crippen molar-refractivity contribution in [3.63, 3.8) is 0 Å². The maximum atomic E-state index is 12.3. The Hall–Kier alpha value is -2.44. The van der Waals surface area contributed by atoms with Gasteiger partial charge in [-0.2, -0.15) is 4.80 Å². The van der Waals surface area contributed by atoms with Crippen molar-refractivity contribution >= 4 is 29.1 Å². The number of halogens is 2. The molecule has 1 heterocycles. The highest BCUT2D eigenvalue weighted by molar-refractivity contribution is 6.31. The summed E-state index contributed by atoms with van der Waals surface area (Å²) >= 11 is 11.9. The van der Waals surface area contributed by atoms with Crippen LogP contribution in [-0.4, -0.2) is 38.1 Å². The van der Waals surface area contributed by atoms with Crippen molar-refractivity contribution < 1.29 is 4.79 Å². The van der Waals surface area contributed by atoms with Crippen LogP contribution in [0.2, 0.25) is 10.0 Å². The van der Waals surface area contributed by atoms with Gasteiger partial charge in [-0.1, -0.05) is 47.5 Å². The molecule has 0 fully saturated rings. The number of aromatic nitrogens is 4. The monoisotopic (exact) mass is 375 g/mol. The van der Waals surface area contributed by atoms with E-state index in [1.54, 1.807) is 30.1 Å². The molecule has 0 N–H and O–H groups in total. The highest BCUT2D eigenvalue weighted by Gasteiger charge is 2.13. The molecule has 0 saturated carbocycles. The lowest BCUT2D eigenvalue weighted by Crippen LogP contribution is -2.30. The molecule has 0 aliphatic rings. The van der Waals surface area contributed by atoms with Crippen molar-refractivity contribution in [2.45, 2.75) is 13.1 Å². The molecule has 25 heavy (non-hydrogen) atoms. The predicted octanol–water partition coefficient (Wildman–Crippen LogP) is 3.31. The molecule has 3 rings (SSSR count). The summed E-state index contributed by atoms with van der Waals surface area (Å²) in [6.07, 6.45) is 0. The second-order valence-electron chi connectivity index (χ2n) is 5.53. The van der Waals surface area contributed by atoms with E-state index in [-0.39, 0.29) is 12.5 Å². The molecule has 1 aromatic heterocycles. The molecule has 3 aromatic rings. The van der Waals surface area contributed by atoms with E-state index in [4.69, 9.17) is 23.2 Å². The van der Waals surface area contributed by atoms with E-state index in [0.29, 0.717) is 22.4 Å². The van der Waals surface area contributed by atoms with Crippen LogP contribution in [0.1, 0.15) is 5.56 Å².